The summed E-state index contributed by atoms with van der Waals surface area (Å²) >= 11 is 0. The average Bonchev–Trinajstić information content (AvgIpc) is 1.96. The number of rotatable bonds is 1. The number of phenols is 2. The molecule has 0 aliphatic rings. The third-order valence-electron chi connectivity index (χ3n) is 1.52. The number of aryl methyl sites for hydroxylation is 1. The van der Waals surface area contributed by atoms with E-state index in [4.69, 9.17) is 16.2 Å². The summed E-state index contributed by atoms with van der Waals surface area (Å²) in [6.45, 7) is 1.74. The first-order chi connectivity index (χ1) is 5.52. The Morgan fingerprint density at radius 1 is 1.42 bits per heavy atom. The Labute approximate surface area is 69.8 Å². The molecule has 0 atom stereocenters. The molecule has 0 radical (unpaired) electrons. The first-order valence-electron chi connectivity index (χ1n) is 3.39. The van der Waals surface area contributed by atoms with Crippen molar-refractivity contribution in [2.75, 3.05) is 0 Å². The first kappa shape index (κ1) is 8.39. The smallest absolute Gasteiger partial charge is 0.168 e. The highest BCUT2D eigenvalue weighted by Gasteiger charge is 2.09. The fourth-order valence-corrected chi connectivity index (χ4v) is 0.965. The van der Waals surface area contributed by atoms with E-state index in [1.807, 2.05) is 0 Å². The summed E-state index contributed by atoms with van der Waals surface area (Å²) in [4.78, 5) is 0. The minimum absolute atomic E-state index is 0.160. The van der Waals surface area contributed by atoms with Crippen molar-refractivity contribution in [3.63, 3.8) is 0 Å². The van der Waals surface area contributed by atoms with Crippen molar-refractivity contribution in [3.05, 3.63) is 23.3 Å². The summed E-state index contributed by atoms with van der Waals surface area (Å²) in [6.07, 6.45) is 0. The molecule has 0 amide bonds. The van der Waals surface area contributed by atoms with E-state index in [-0.39, 0.29) is 22.9 Å². The predicted octanol–water partition coefficient (Wildman–Crippen LogP) is 0.690. The van der Waals surface area contributed by atoms with Gasteiger partial charge in [0.1, 0.15) is 5.84 Å². The Morgan fingerprint density at radius 3 is 2.50 bits per heavy atom. The van der Waals surface area contributed by atoms with Crippen LogP contribution in [0.2, 0.25) is 0 Å². The van der Waals surface area contributed by atoms with E-state index in [1.54, 1.807) is 6.92 Å². The van der Waals surface area contributed by atoms with Gasteiger partial charge in [0.15, 0.2) is 11.5 Å². The summed E-state index contributed by atoms with van der Waals surface area (Å²) in [7, 11) is 0. The number of phenolic OH excluding ortho intramolecular Hbond substituents is 2. The van der Waals surface area contributed by atoms with Crippen LogP contribution in [0.1, 0.15) is 11.1 Å². The lowest BCUT2D eigenvalue weighted by molar-refractivity contribution is 0.402. The fourth-order valence-electron chi connectivity index (χ4n) is 0.965. The lowest BCUT2D eigenvalue weighted by Crippen LogP contribution is -2.11. The number of nitrogens with two attached hydrogens (primary N) is 1. The van der Waals surface area contributed by atoms with E-state index in [1.165, 1.54) is 12.1 Å². The quantitative estimate of drug-likeness (QED) is 0.281. The molecule has 0 saturated heterocycles. The van der Waals surface area contributed by atoms with Gasteiger partial charge in [-0.25, -0.2) is 0 Å². The SMILES string of the molecule is Cc1cc(O)c(O)c(C(=N)N)c1. The zero-order valence-corrected chi connectivity index (χ0v) is 6.63. The van der Waals surface area contributed by atoms with Crippen LogP contribution in [0.5, 0.6) is 11.5 Å². The van der Waals surface area contributed by atoms with Crippen LogP contribution in [0.25, 0.3) is 0 Å². The predicted molar refractivity (Wildman–Crippen MR) is 45.5 cm³/mol. The normalized spacial score (nSPS) is 9.75. The Bertz CT molecular complexity index is 334. The standard InChI is InChI=1S/C8H10N2O2/c1-4-2-5(8(9)10)7(12)6(11)3-4/h2-3,11-12H,1H3,(H3,9,10). The van der Waals surface area contributed by atoms with Gasteiger partial charge in [0.2, 0.25) is 0 Å². The molecule has 0 aromatic heterocycles. The molecule has 1 aromatic carbocycles. The molecular weight excluding hydrogens is 156 g/mol. The van der Waals surface area contributed by atoms with Gasteiger partial charge in [-0.2, -0.15) is 0 Å². The second-order valence-corrected chi connectivity index (χ2v) is 2.59. The van der Waals surface area contributed by atoms with E-state index in [2.05, 4.69) is 0 Å². The monoisotopic (exact) mass is 166 g/mol. The van der Waals surface area contributed by atoms with Crippen LogP contribution in [0.3, 0.4) is 0 Å². The fraction of sp³-hybridized carbons (Fsp3) is 0.125. The molecule has 0 aliphatic carbocycles. The van der Waals surface area contributed by atoms with Gasteiger partial charge in [-0.15, -0.1) is 0 Å². The largest absolute Gasteiger partial charge is 0.504 e. The Kier molecular flexibility index (Phi) is 1.91. The van der Waals surface area contributed by atoms with Crippen LogP contribution in [-0.2, 0) is 0 Å². The first-order valence-corrected chi connectivity index (χ1v) is 3.39. The van der Waals surface area contributed by atoms with Gasteiger partial charge in [0.25, 0.3) is 0 Å². The van der Waals surface area contributed by atoms with Gasteiger partial charge in [-0.1, -0.05) is 0 Å². The van der Waals surface area contributed by atoms with Crippen molar-refractivity contribution >= 4 is 5.84 Å². The van der Waals surface area contributed by atoms with Crippen molar-refractivity contribution in [2.24, 2.45) is 5.73 Å². The zero-order chi connectivity index (χ0) is 9.30. The summed E-state index contributed by atoms with van der Waals surface area (Å²) in [5.74, 6) is -0.847. The number of nitrogens with one attached hydrogen (secondary N) is 1. The summed E-state index contributed by atoms with van der Waals surface area (Å²) in [5, 5.41) is 25.4. The maximum atomic E-state index is 9.22. The van der Waals surface area contributed by atoms with Crippen LogP contribution in [0.15, 0.2) is 12.1 Å². The number of nitrogen functional groups attached to an aromatic ring is 1. The second kappa shape index (κ2) is 2.73. The molecule has 0 fully saturated rings. The van der Waals surface area contributed by atoms with Crippen molar-refractivity contribution in [2.45, 2.75) is 6.92 Å². The number of amidine groups is 1. The van der Waals surface area contributed by atoms with Gasteiger partial charge in [0.05, 0.1) is 5.56 Å². The average molecular weight is 166 g/mol. The van der Waals surface area contributed by atoms with Gasteiger partial charge < -0.3 is 15.9 Å². The van der Waals surface area contributed by atoms with Crippen LogP contribution >= 0.6 is 0 Å². The van der Waals surface area contributed by atoms with Crippen LogP contribution in [0.4, 0.5) is 0 Å². The molecule has 5 N–H and O–H groups in total. The third-order valence-corrected chi connectivity index (χ3v) is 1.52. The van der Waals surface area contributed by atoms with Gasteiger partial charge in [0, 0.05) is 0 Å². The molecule has 12 heavy (non-hydrogen) atoms. The molecule has 0 heterocycles. The second-order valence-electron chi connectivity index (χ2n) is 2.59. The van der Waals surface area contributed by atoms with Crippen molar-refractivity contribution in [1.29, 1.82) is 5.41 Å². The minimum atomic E-state index is -0.340. The Morgan fingerprint density at radius 2 is 2.00 bits per heavy atom. The maximum Gasteiger partial charge on any atom is 0.168 e. The van der Waals surface area contributed by atoms with Gasteiger partial charge in [-0.3, -0.25) is 5.41 Å². The van der Waals surface area contributed by atoms with Crippen molar-refractivity contribution < 1.29 is 10.2 Å². The van der Waals surface area contributed by atoms with E-state index < -0.39 is 0 Å². The van der Waals surface area contributed by atoms with E-state index in [9.17, 15) is 5.11 Å². The molecule has 0 spiro atoms. The molecule has 1 aromatic rings. The molecule has 4 nitrogen and oxygen atoms in total. The molecule has 0 saturated carbocycles. The number of aromatic hydroxyl groups is 2. The lowest BCUT2D eigenvalue weighted by Gasteiger charge is -2.05. The summed E-state index contributed by atoms with van der Waals surface area (Å²) < 4.78 is 0. The maximum absolute atomic E-state index is 9.22. The molecule has 4 heteroatoms. The molecule has 0 aliphatic heterocycles. The highest BCUT2D eigenvalue weighted by Crippen LogP contribution is 2.29. The summed E-state index contributed by atoms with van der Waals surface area (Å²) in [5.41, 5.74) is 6.07. The Balaban J connectivity index is 3.37. The van der Waals surface area contributed by atoms with Crippen LogP contribution < -0.4 is 5.73 Å². The van der Waals surface area contributed by atoms with E-state index in [0.717, 1.165) is 5.56 Å². The summed E-state index contributed by atoms with van der Waals surface area (Å²) in [6, 6.07) is 2.94. The molecule has 0 bridgehead atoms. The number of benzene rings is 1. The zero-order valence-electron chi connectivity index (χ0n) is 6.63. The van der Waals surface area contributed by atoms with E-state index in [0.29, 0.717) is 0 Å². The third kappa shape index (κ3) is 1.32. The minimum Gasteiger partial charge on any atom is -0.504 e. The van der Waals surface area contributed by atoms with Crippen molar-refractivity contribution in [1.82, 2.24) is 0 Å². The van der Waals surface area contributed by atoms with Crippen LogP contribution in [-0.4, -0.2) is 16.0 Å². The van der Waals surface area contributed by atoms with Crippen molar-refractivity contribution in [3.8, 4) is 11.5 Å². The van der Waals surface area contributed by atoms with E-state index >= 15 is 0 Å². The topological polar surface area (TPSA) is 90.3 Å². The molecular formula is C8H10N2O2. The van der Waals surface area contributed by atoms with Gasteiger partial charge in [-0.05, 0) is 24.6 Å². The molecule has 0 unspecified atom stereocenters. The Hall–Kier alpha value is -1.71. The highest BCUT2D eigenvalue weighted by molar-refractivity contribution is 5.98. The molecule has 64 valence electrons. The lowest BCUT2D eigenvalue weighted by atomic mass is 10.1. The molecule has 1 rings (SSSR count). The van der Waals surface area contributed by atoms with Gasteiger partial charge >= 0.3 is 0 Å². The van der Waals surface area contributed by atoms with Crippen LogP contribution in [0, 0.1) is 12.3 Å². The number of hydrogen-bond donors (Lipinski definition) is 4. The highest BCUT2D eigenvalue weighted by atomic mass is 16.3. The number of hydrogen-bond acceptors (Lipinski definition) is 3.